The zero-order valence-electron chi connectivity index (χ0n) is 18.5. The van der Waals surface area contributed by atoms with E-state index >= 15 is 0 Å². The number of rotatable bonds is 5. The van der Waals surface area contributed by atoms with Gasteiger partial charge in [0.15, 0.2) is 11.9 Å². The number of aromatic nitrogens is 5. The summed E-state index contributed by atoms with van der Waals surface area (Å²) in [5.41, 5.74) is 11.9. The van der Waals surface area contributed by atoms with Crippen LogP contribution in [0.25, 0.3) is 22.1 Å². The second kappa shape index (κ2) is 8.31. The van der Waals surface area contributed by atoms with Crippen LogP contribution >= 0.6 is 11.6 Å². The lowest BCUT2D eigenvalue weighted by Crippen LogP contribution is -2.50. The molecular formula is C23H26ClN7O3. The van der Waals surface area contributed by atoms with Crippen molar-refractivity contribution in [2.24, 2.45) is 11.8 Å². The maximum absolute atomic E-state index is 11.5. The first kappa shape index (κ1) is 22.7. The van der Waals surface area contributed by atoms with Crippen molar-refractivity contribution in [3.8, 4) is 0 Å². The Morgan fingerprint density at radius 1 is 1.18 bits per heavy atom. The molecule has 7 N–H and O–H groups in total. The van der Waals surface area contributed by atoms with E-state index in [-0.39, 0.29) is 23.5 Å². The van der Waals surface area contributed by atoms with Crippen molar-refractivity contribution < 1.29 is 15.3 Å². The van der Waals surface area contributed by atoms with Crippen molar-refractivity contribution in [1.29, 1.82) is 0 Å². The minimum absolute atomic E-state index is 0.0424. The molecule has 0 saturated heterocycles. The lowest BCUT2D eigenvalue weighted by atomic mass is 9.81. The highest BCUT2D eigenvalue weighted by Crippen LogP contribution is 2.46. The van der Waals surface area contributed by atoms with Crippen molar-refractivity contribution >= 4 is 45.3 Å². The van der Waals surface area contributed by atoms with Crippen molar-refractivity contribution in [3.63, 3.8) is 0 Å². The minimum atomic E-state index is -1.49. The predicted octanol–water partition coefficient (Wildman–Crippen LogP) is 2.06. The van der Waals surface area contributed by atoms with Crippen LogP contribution in [0.3, 0.4) is 0 Å². The predicted molar refractivity (Wildman–Crippen MR) is 129 cm³/mol. The standard InChI is InChI=1S/C23H26ClN7O3/c1-11-12(8-14-3-2-13-9-16(24)19(26)30-20(13)29-14)4-6-23(11,34)17(32)22(33)31-7-5-15-18(25)27-10-28-21(15)31/h2-3,5,7,9-12,17,22,32-34H,4,6,8H2,1H3,(H2,25,27,28)(H2,26,29,30)/t11-,12+,17+,22-,23-/m1/s1. The Hall–Kier alpha value is -3.05. The van der Waals surface area contributed by atoms with Gasteiger partial charge in [-0.25, -0.2) is 19.9 Å². The molecule has 1 saturated carbocycles. The number of fused-ring (bicyclic) bond motifs is 2. The molecule has 1 fully saturated rings. The fourth-order valence-corrected chi connectivity index (χ4v) is 5.23. The third-order valence-corrected chi connectivity index (χ3v) is 7.52. The lowest BCUT2D eigenvalue weighted by molar-refractivity contribution is -0.163. The first-order chi connectivity index (χ1) is 16.2. The number of hydrogen-bond acceptors (Lipinski definition) is 9. The second-order valence-electron chi connectivity index (χ2n) is 9.07. The molecule has 1 aliphatic rings. The molecule has 0 spiro atoms. The summed E-state index contributed by atoms with van der Waals surface area (Å²) in [7, 11) is 0. The zero-order chi connectivity index (χ0) is 24.2. The Balaban J connectivity index is 1.36. The van der Waals surface area contributed by atoms with Crippen LogP contribution in [0, 0.1) is 11.8 Å². The Kier molecular flexibility index (Phi) is 5.56. The van der Waals surface area contributed by atoms with Crippen molar-refractivity contribution in [2.75, 3.05) is 11.5 Å². The number of anilines is 2. The summed E-state index contributed by atoms with van der Waals surface area (Å²) < 4.78 is 1.40. The van der Waals surface area contributed by atoms with Crippen LogP contribution in [0.15, 0.2) is 36.8 Å². The first-order valence-corrected chi connectivity index (χ1v) is 11.4. The van der Waals surface area contributed by atoms with Gasteiger partial charge in [-0.2, -0.15) is 0 Å². The molecular weight excluding hydrogens is 458 g/mol. The molecule has 1 aliphatic carbocycles. The summed E-state index contributed by atoms with van der Waals surface area (Å²) in [5, 5.41) is 35.3. The quantitative estimate of drug-likeness (QED) is 0.285. The summed E-state index contributed by atoms with van der Waals surface area (Å²) in [5.74, 6) is 0.240. The van der Waals surface area contributed by atoms with E-state index in [4.69, 9.17) is 23.1 Å². The summed E-state index contributed by atoms with van der Waals surface area (Å²) in [4.78, 5) is 17.0. The lowest BCUT2D eigenvalue weighted by Gasteiger charge is -2.37. The van der Waals surface area contributed by atoms with Crippen molar-refractivity contribution in [3.05, 3.63) is 47.5 Å². The molecule has 11 heteroatoms. The van der Waals surface area contributed by atoms with Crippen molar-refractivity contribution in [1.82, 2.24) is 24.5 Å². The summed E-state index contributed by atoms with van der Waals surface area (Å²) in [6.45, 7) is 1.89. The smallest absolute Gasteiger partial charge is 0.161 e. The molecule has 178 valence electrons. The monoisotopic (exact) mass is 483 g/mol. The second-order valence-corrected chi connectivity index (χ2v) is 9.47. The number of pyridine rings is 2. The molecule has 34 heavy (non-hydrogen) atoms. The third kappa shape index (κ3) is 3.63. The highest BCUT2D eigenvalue weighted by atomic mass is 35.5. The van der Waals surface area contributed by atoms with Gasteiger partial charge in [0.2, 0.25) is 0 Å². The largest absolute Gasteiger partial charge is 0.387 e. The van der Waals surface area contributed by atoms with E-state index in [0.717, 1.165) is 11.1 Å². The molecule has 4 aromatic rings. The van der Waals surface area contributed by atoms with Gasteiger partial charge in [0.05, 0.1) is 16.0 Å². The molecule has 0 aromatic carbocycles. The Bertz CT molecular complexity index is 1380. The molecule has 10 nitrogen and oxygen atoms in total. The summed E-state index contributed by atoms with van der Waals surface area (Å²) in [6, 6.07) is 7.20. The topological polar surface area (TPSA) is 169 Å². The van der Waals surface area contributed by atoms with Crippen LogP contribution in [0.1, 0.15) is 31.7 Å². The minimum Gasteiger partial charge on any atom is -0.387 e. The first-order valence-electron chi connectivity index (χ1n) is 11.1. The number of halogens is 1. The van der Waals surface area contributed by atoms with Gasteiger partial charge in [0.1, 0.15) is 29.7 Å². The van der Waals surface area contributed by atoms with Crippen LogP contribution in [-0.4, -0.2) is 51.5 Å². The fourth-order valence-electron chi connectivity index (χ4n) is 5.07. The molecule has 0 unspecified atom stereocenters. The highest BCUT2D eigenvalue weighted by molar-refractivity contribution is 6.33. The molecule has 4 heterocycles. The van der Waals surface area contributed by atoms with Gasteiger partial charge in [-0.3, -0.25) is 0 Å². The maximum atomic E-state index is 11.5. The molecule has 4 aromatic heterocycles. The molecule has 5 rings (SSSR count). The molecule has 0 bridgehead atoms. The number of hydrogen-bond donors (Lipinski definition) is 5. The number of nitrogen functional groups attached to an aromatic ring is 2. The van der Waals surface area contributed by atoms with E-state index in [9.17, 15) is 15.3 Å². The molecule has 0 aliphatic heterocycles. The van der Waals surface area contributed by atoms with E-state index in [1.54, 1.807) is 18.3 Å². The number of nitrogens with two attached hydrogens (primary N) is 2. The highest BCUT2D eigenvalue weighted by Gasteiger charge is 2.51. The van der Waals surface area contributed by atoms with Crippen LogP contribution in [0.4, 0.5) is 11.6 Å². The third-order valence-electron chi connectivity index (χ3n) is 7.22. The van der Waals surface area contributed by atoms with E-state index in [2.05, 4.69) is 19.9 Å². The summed E-state index contributed by atoms with van der Waals surface area (Å²) in [6.07, 6.45) is 1.61. The summed E-state index contributed by atoms with van der Waals surface area (Å²) >= 11 is 6.05. The number of nitrogens with zero attached hydrogens (tertiary/aromatic N) is 5. The zero-order valence-corrected chi connectivity index (χ0v) is 19.3. The van der Waals surface area contributed by atoms with E-state index in [1.165, 1.54) is 10.9 Å². The van der Waals surface area contributed by atoms with Gasteiger partial charge in [-0.05, 0) is 55.4 Å². The van der Waals surface area contributed by atoms with Crippen LogP contribution < -0.4 is 11.5 Å². The average molecular weight is 484 g/mol. The van der Waals surface area contributed by atoms with Crippen LogP contribution in [0.5, 0.6) is 0 Å². The Morgan fingerprint density at radius 3 is 2.76 bits per heavy atom. The van der Waals surface area contributed by atoms with Gasteiger partial charge in [0.25, 0.3) is 0 Å². The molecule has 0 radical (unpaired) electrons. The van der Waals surface area contributed by atoms with Crippen LogP contribution in [0.2, 0.25) is 5.02 Å². The van der Waals surface area contributed by atoms with Gasteiger partial charge >= 0.3 is 0 Å². The number of aliphatic hydroxyl groups is 3. The van der Waals surface area contributed by atoms with Crippen LogP contribution in [-0.2, 0) is 6.42 Å². The van der Waals surface area contributed by atoms with E-state index in [0.29, 0.717) is 41.0 Å². The molecule has 5 atom stereocenters. The average Bonchev–Trinajstić information content (AvgIpc) is 3.37. The normalized spacial score (nSPS) is 24.6. The van der Waals surface area contributed by atoms with Gasteiger partial charge in [-0.1, -0.05) is 18.5 Å². The SMILES string of the molecule is C[C@@H]1[C@H](Cc2ccc3cc(Cl)c(N)nc3n2)CC[C@]1(O)[C@@H](O)[C@@H](O)n1ccc2c(N)ncnc21. The van der Waals surface area contributed by atoms with E-state index < -0.39 is 17.9 Å². The van der Waals surface area contributed by atoms with Gasteiger partial charge in [-0.15, -0.1) is 0 Å². The van der Waals surface area contributed by atoms with E-state index in [1.807, 2.05) is 19.1 Å². The van der Waals surface area contributed by atoms with Gasteiger partial charge in [0, 0.05) is 17.3 Å². The van der Waals surface area contributed by atoms with Gasteiger partial charge < -0.3 is 31.4 Å². The number of aliphatic hydroxyl groups excluding tert-OH is 2. The Labute approximate surface area is 200 Å². The van der Waals surface area contributed by atoms with Crippen molar-refractivity contribution in [2.45, 2.75) is 44.1 Å². The molecule has 0 amide bonds. The fraction of sp³-hybridized carbons (Fsp3) is 0.391. The Morgan fingerprint density at radius 2 is 1.97 bits per heavy atom. The maximum Gasteiger partial charge on any atom is 0.161 e.